The molecule has 2 N–H and O–H groups in total. The maximum atomic E-state index is 10.7. The van der Waals surface area contributed by atoms with Gasteiger partial charge in [0.1, 0.15) is 0 Å². The van der Waals surface area contributed by atoms with Gasteiger partial charge in [0.2, 0.25) is 5.43 Å². The number of nitrogens with two attached hydrogens (primary N) is 1. The first-order valence-corrected chi connectivity index (χ1v) is 2.64. The van der Waals surface area contributed by atoms with Gasteiger partial charge in [0.05, 0.1) is 12.2 Å². The maximum absolute atomic E-state index is 10.7. The van der Waals surface area contributed by atoms with Crippen molar-refractivity contribution in [1.82, 2.24) is 9.78 Å². The molecule has 9 heavy (non-hydrogen) atoms. The van der Waals surface area contributed by atoms with Crippen LogP contribution in [0.2, 0.25) is 0 Å². The molecule has 4 nitrogen and oxygen atoms in total. The molecule has 46 valence electrons. The SMILES string of the molecule is Nc1nn2c(cc1=O)C2. The fourth-order valence-corrected chi connectivity index (χ4v) is 0.742. The highest BCUT2D eigenvalue weighted by Gasteiger charge is 2.16. The summed E-state index contributed by atoms with van der Waals surface area (Å²) in [5.41, 5.74) is 6.01. The smallest absolute Gasteiger partial charge is 0.224 e. The summed E-state index contributed by atoms with van der Waals surface area (Å²) in [4.78, 5) is 10.7. The molecule has 0 fully saturated rings. The van der Waals surface area contributed by atoms with E-state index in [1.165, 1.54) is 6.07 Å². The summed E-state index contributed by atoms with van der Waals surface area (Å²) in [5.74, 6) is 0.0938. The lowest BCUT2D eigenvalue weighted by Crippen LogP contribution is -2.09. The van der Waals surface area contributed by atoms with Crippen LogP contribution in [0.25, 0.3) is 0 Å². The van der Waals surface area contributed by atoms with E-state index in [-0.39, 0.29) is 11.2 Å². The Morgan fingerprint density at radius 2 is 2.56 bits per heavy atom. The molecule has 0 aromatic carbocycles. The van der Waals surface area contributed by atoms with E-state index in [0.717, 1.165) is 12.2 Å². The molecule has 0 bridgehead atoms. The van der Waals surface area contributed by atoms with Crippen LogP contribution in [0.15, 0.2) is 10.9 Å². The summed E-state index contributed by atoms with van der Waals surface area (Å²) in [5, 5.41) is 3.75. The quantitative estimate of drug-likeness (QED) is 0.498. The highest BCUT2D eigenvalue weighted by molar-refractivity contribution is 5.30. The van der Waals surface area contributed by atoms with Crippen LogP contribution in [0.4, 0.5) is 5.82 Å². The van der Waals surface area contributed by atoms with Crippen molar-refractivity contribution in [2.75, 3.05) is 5.73 Å². The molecule has 0 saturated heterocycles. The van der Waals surface area contributed by atoms with Crippen molar-refractivity contribution in [3.8, 4) is 0 Å². The molecule has 0 spiro atoms. The molecular formula is C5H5N3O. The Morgan fingerprint density at radius 3 is 3.22 bits per heavy atom. The van der Waals surface area contributed by atoms with Crippen LogP contribution in [0.5, 0.6) is 0 Å². The van der Waals surface area contributed by atoms with E-state index >= 15 is 0 Å². The summed E-state index contributed by atoms with van der Waals surface area (Å²) in [6, 6.07) is 1.52. The Bertz CT molecular complexity index is 314. The first-order valence-electron chi connectivity index (χ1n) is 2.64. The van der Waals surface area contributed by atoms with Gasteiger partial charge >= 0.3 is 0 Å². The largest absolute Gasteiger partial charge is 0.379 e. The Morgan fingerprint density at radius 1 is 1.78 bits per heavy atom. The number of hydrogen-bond acceptors (Lipinski definition) is 3. The third-order valence-corrected chi connectivity index (χ3v) is 1.32. The summed E-state index contributed by atoms with van der Waals surface area (Å²) >= 11 is 0. The van der Waals surface area contributed by atoms with Gasteiger partial charge < -0.3 is 5.73 Å². The lowest BCUT2D eigenvalue weighted by Gasteiger charge is -1.83. The topological polar surface area (TPSA) is 60.9 Å². The summed E-state index contributed by atoms with van der Waals surface area (Å²) in [6.45, 7) is 0.770. The van der Waals surface area contributed by atoms with Crippen molar-refractivity contribution in [2.24, 2.45) is 0 Å². The van der Waals surface area contributed by atoms with Gasteiger partial charge in [0.15, 0.2) is 5.82 Å². The van der Waals surface area contributed by atoms with Crippen LogP contribution >= 0.6 is 0 Å². The Kier molecular flexibility index (Phi) is 0.582. The molecular weight excluding hydrogens is 118 g/mol. The highest BCUT2D eigenvalue weighted by Crippen LogP contribution is 2.11. The summed E-state index contributed by atoms with van der Waals surface area (Å²) in [6.07, 6.45) is 0. The van der Waals surface area contributed by atoms with Gasteiger partial charge in [0.25, 0.3) is 0 Å². The lowest BCUT2D eigenvalue weighted by molar-refractivity contribution is 0.891. The zero-order valence-corrected chi connectivity index (χ0v) is 4.66. The lowest BCUT2D eigenvalue weighted by atomic mass is 10.5. The van der Waals surface area contributed by atoms with Crippen molar-refractivity contribution < 1.29 is 0 Å². The summed E-state index contributed by atoms with van der Waals surface area (Å²) < 4.78 is 1.69. The standard InChI is InChI=1S/C5H5N3O/c6-5-4(9)1-3-2-8(3)7-5/h1H,2H2,(H2,6,7). The van der Waals surface area contributed by atoms with E-state index in [2.05, 4.69) is 5.10 Å². The molecule has 0 amide bonds. The molecule has 0 atom stereocenters. The molecule has 1 aliphatic rings. The molecule has 1 aliphatic heterocycles. The zero-order chi connectivity index (χ0) is 6.43. The minimum absolute atomic E-state index is 0.0938. The Hall–Kier alpha value is -1.32. The van der Waals surface area contributed by atoms with Crippen LogP contribution in [-0.4, -0.2) is 9.78 Å². The molecule has 2 rings (SSSR count). The fraction of sp³-hybridized carbons (Fsp3) is 0.200. The minimum Gasteiger partial charge on any atom is -0.379 e. The second-order valence-electron chi connectivity index (χ2n) is 2.04. The van der Waals surface area contributed by atoms with E-state index in [9.17, 15) is 4.79 Å². The molecule has 0 radical (unpaired) electrons. The molecule has 0 aliphatic carbocycles. The van der Waals surface area contributed by atoms with E-state index in [1.54, 1.807) is 4.68 Å². The van der Waals surface area contributed by atoms with Gasteiger partial charge in [-0.05, 0) is 0 Å². The van der Waals surface area contributed by atoms with E-state index in [1.807, 2.05) is 0 Å². The van der Waals surface area contributed by atoms with Gasteiger partial charge in [-0.1, -0.05) is 0 Å². The van der Waals surface area contributed by atoms with Crippen LogP contribution < -0.4 is 11.2 Å². The Labute approximate surface area is 50.9 Å². The molecule has 2 heterocycles. The highest BCUT2D eigenvalue weighted by atomic mass is 16.1. The number of rotatable bonds is 0. The number of hydrogen-bond donors (Lipinski definition) is 1. The minimum atomic E-state index is -0.168. The fourth-order valence-electron chi connectivity index (χ4n) is 0.742. The number of nitrogens with zero attached hydrogens (tertiary/aromatic N) is 2. The van der Waals surface area contributed by atoms with Crippen molar-refractivity contribution >= 4 is 5.82 Å². The zero-order valence-electron chi connectivity index (χ0n) is 4.66. The van der Waals surface area contributed by atoms with Crippen LogP contribution in [-0.2, 0) is 6.54 Å². The second kappa shape index (κ2) is 1.15. The second-order valence-corrected chi connectivity index (χ2v) is 2.04. The van der Waals surface area contributed by atoms with E-state index < -0.39 is 0 Å². The predicted octanol–water partition coefficient (Wildman–Crippen LogP) is -0.813. The number of nitrogen functional groups attached to an aromatic ring is 1. The number of anilines is 1. The average Bonchev–Trinajstić information content (AvgIpc) is 2.46. The number of aromatic nitrogens is 2. The van der Waals surface area contributed by atoms with Crippen LogP contribution in [0, 0.1) is 0 Å². The normalized spacial score (nSPS) is 12.9. The third-order valence-electron chi connectivity index (χ3n) is 1.32. The van der Waals surface area contributed by atoms with Crippen LogP contribution in [0.3, 0.4) is 0 Å². The van der Waals surface area contributed by atoms with Crippen molar-refractivity contribution in [3.05, 3.63) is 22.0 Å². The molecule has 1 aromatic rings. The third kappa shape index (κ3) is 0.526. The van der Waals surface area contributed by atoms with E-state index in [4.69, 9.17) is 5.73 Å². The predicted molar refractivity (Wildman–Crippen MR) is 32.0 cm³/mol. The molecule has 0 unspecified atom stereocenters. The van der Waals surface area contributed by atoms with E-state index in [0.29, 0.717) is 0 Å². The number of fused-ring (bicyclic) bond motifs is 1. The first kappa shape index (κ1) is 4.55. The van der Waals surface area contributed by atoms with Crippen LogP contribution in [0.1, 0.15) is 5.69 Å². The van der Waals surface area contributed by atoms with Crippen molar-refractivity contribution in [3.63, 3.8) is 0 Å². The summed E-state index contributed by atoms with van der Waals surface area (Å²) in [7, 11) is 0. The van der Waals surface area contributed by atoms with Gasteiger partial charge in [-0.25, -0.2) is 0 Å². The maximum Gasteiger partial charge on any atom is 0.224 e. The van der Waals surface area contributed by atoms with Gasteiger partial charge in [-0.2, -0.15) is 5.10 Å². The molecule has 1 aromatic heterocycles. The van der Waals surface area contributed by atoms with Crippen molar-refractivity contribution in [2.45, 2.75) is 6.54 Å². The van der Waals surface area contributed by atoms with Crippen molar-refractivity contribution in [1.29, 1.82) is 0 Å². The van der Waals surface area contributed by atoms with Gasteiger partial charge in [-0.3, -0.25) is 9.48 Å². The Balaban J connectivity index is 2.80. The average molecular weight is 123 g/mol. The first-order chi connectivity index (χ1) is 4.27. The van der Waals surface area contributed by atoms with Gasteiger partial charge in [0, 0.05) is 6.07 Å². The monoisotopic (exact) mass is 123 g/mol. The molecule has 0 saturated carbocycles. The molecule has 4 heteroatoms. The van der Waals surface area contributed by atoms with Gasteiger partial charge in [-0.15, -0.1) is 0 Å².